The Morgan fingerprint density at radius 1 is 1.37 bits per heavy atom. The first-order chi connectivity index (χ1) is 9.13. The summed E-state index contributed by atoms with van der Waals surface area (Å²) in [7, 11) is 3.66. The van der Waals surface area contributed by atoms with E-state index in [1.54, 1.807) is 18.9 Å². The third-order valence-corrected chi connectivity index (χ3v) is 4.05. The van der Waals surface area contributed by atoms with Crippen molar-refractivity contribution in [3.63, 3.8) is 0 Å². The Hall–Kier alpha value is -1.46. The van der Waals surface area contributed by atoms with E-state index >= 15 is 0 Å². The number of hydrogen-bond donors (Lipinski definition) is 1. The van der Waals surface area contributed by atoms with Crippen molar-refractivity contribution in [2.24, 2.45) is 12.8 Å². The van der Waals surface area contributed by atoms with Crippen molar-refractivity contribution in [1.29, 1.82) is 0 Å². The van der Waals surface area contributed by atoms with Gasteiger partial charge in [-0.05, 0) is 30.7 Å². The summed E-state index contributed by atoms with van der Waals surface area (Å²) in [4.78, 5) is 0. The number of nitrogens with zero attached hydrogens (tertiary/aromatic N) is 2. The zero-order valence-electron chi connectivity index (χ0n) is 11.5. The summed E-state index contributed by atoms with van der Waals surface area (Å²) in [5.41, 5.74) is 9.00. The van der Waals surface area contributed by atoms with E-state index in [-0.39, 0.29) is 0 Å². The predicted octanol–water partition coefficient (Wildman–Crippen LogP) is 2.49. The Kier molecular flexibility index (Phi) is 4.50. The van der Waals surface area contributed by atoms with E-state index in [2.05, 4.69) is 17.2 Å². The third-order valence-electron chi connectivity index (χ3n) is 2.92. The maximum atomic E-state index is 5.68. The maximum absolute atomic E-state index is 5.68. The molecule has 0 radical (unpaired) electrons. The SMILES string of the molecule is COc1ccc(CN)cc1CSc1cc(C)nn1C. The molecule has 0 bridgehead atoms. The van der Waals surface area contributed by atoms with Crippen LogP contribution in [0.1, 0.15) is 16.8 Å². The van der Waals surface area contributed by atoms with Gasteiger partial charge in [0, 0.05) is 24.9 Å². The first kappa shape index (κ1) is 14.0. The number of hydrogen-bond acceptors (Lipinski definition) is 4. The van der Waals surface area contributed by atoms with Crippen LogP contribution >= 0.6 is 11.8 Å². The molecule has 4 nitrogen and oxygen atoms in total. The van der Waals surface area contributed by atoms with E-state index < -0.39 is 0 Å². The van der Waals surface area contributed by atoms with Crippen molar-refractivity contribution < 1.29 is 4.74 Å². The second-order valence-electron chi connectivity index (χ2n) is 4.39. The van der Waals surface area contributed by atoms with Gasteiger partial charge in [-0.3, -0.25) is 4.68 Å². The lowest BCUT2D eigenvalue weighted by molar-refractivity contribution is 0.411. The number of methoxy groups -OCH3 is 1. The lowest BCUT2D eigenvalue weighted by atomic mass is 10.1. The second kappa shape index (κ2) is 6.12. The number of rotatable bonds is 5. The highest BCUT2D eigenvalue weighted by atomic mass is 32.2. The van der Waals surface area contributed by atoms with Crippen LogP contribution in [-0.4, -0.2) is 16.9 Å². The molecule has 2 rings (SSSR count). The number of ether oxygens (including phenoxy) is 1. The topological polar surface area (TPSA) is 53.1 Å². The summed E-state index contributed by atoms with van der Waals surface area (Å²) in [5, 5.41) is 5.49. The van der Waals surface area contributed by atoms with Crippen LogP contribution in [0, 0.1) is 6.92 Å². The number of benzene rings is 1. The minimum atomic E-state index is 0.548. The van der Waals surface area contributed by atoms with Crippen molar-refractivity contribution in [3.8, 4) is 5.75 Å². The van der Waals surface area contributed by atoms with E-state index in [0.717, 1.165) is 33.3 Å². The van der Waals surface area contributed by atoms with E-state index in [4.69, 9.17) is 10.5 Å². The largest absolute Gasteiger partial charge is 0.496 e. The summed E-state index contributed by atoms with van der Waals surface area (Å²) in [6.45, 7) is 2.55. The molecule has 0 fully saturated rings. The lowest BCUT2D eigenvalue weighted by Gasteiger charge is -2.10. The molecule has 1 heterocycles. The maximum Gasteiger partial charge on any atom is 0.122 e. The Balaban J connectivity index is 2.16. The molecule has 1 aromatic heterocycles. The quantitative estimate of drug-likeness (QED) is 0.853. The normalized spacial score (nSPS) is 10.7. The summed E-state index contributed by atoms with van der Waals surface area (Å²) >= 11 is 1.75. The molecular weight excluding hydrogens is 258 g/mol. The second-order valence-corrected chi connectivity index (χ2v) is 5.38. The standard InChI is InChI=1S/C14H19N3OS/c1-10-6-14(17(2)16-10)19-9-12-7-11(8-15)4-5-13(12)18-3/h4-7H,8-9,15H2,1-3H3. The zero-order chi connectivity index (χ0) is 13.8. The molecule has 0 aliphatic rings. The molecule has 0 spiro atoms. The molecule has 102 valence electrons. The van der Waals surface area contributed by atoms with Gasteiger partial charge in [0.2, 0.25) is 0 Å². The molecule has 0 aliphatic carbocycles. The first-order valence-electron chi connectivity index (χ1n) is 6.13. The molecule has 2 aromatic rings. The Morgan fingerprint density at radius 2 is 2.16 bits per heavy atom. The van der Waals surface area contributed by atoms with Crippen LogP contribution in [0.3, 0.4) is 0 Å². The molecule has 1 aromatic carbocycles. The van der Waals surface area contributed by atoms with Crippen LogP contribution in [0.4, 0.5) is 0 Å². The highest BCUT2D eigenvalue weighted by molar-refractivity contribution is 7.98. The fraction of sp³-hybridized carbons (Fsp3) is 0.357. The fourth-order valence-electron chi connectivity index (χ4n) is 1.95. The molecule has 0 aliphatic heterocycles. The number of aryl methyl sites for hydroxylation is 2. The van der Waals surface area contributed by atoms with Crippen LogP contribution in [0.5, 0.6) is 5.75 Å². The Bertz CT molecular complexity index is 566. The van der Waals surface area contributed by atoms with Gasteiger partial charge in [0.05, 0.1) is 17.8 Å². The van der Waals surface area contributed by atoms with Crippen molar-refractivity contribution in [3.05, 3.63) is 41.1 Å². The van der Waals surface area contributed by atoms with Crippen molar-refractivity contribution >= 4 is 11.8 Å². The van der Waals surface area contributed by atoms with Gasteiger partial charge in [-0.1, -0.05) is 6.07 Å². The van der Waals surface area contributed by atoms with Crippen LogP contribution in [0.15, 0.2) is 29.3 Å². The Morgan fingerprint density at radius 3 is 2.74 bits per heavy atom. The minimum absolute atomic E-state index is 0.548. The summed E-state index contributed by atoms with van der Waals surface area (Å²) in [6.07, 6.45) is 0. The van der Waals surface area contributed by atoms with Gasteiger partial charge in [-0.25, -0.2) is 0 Å². The smallest absolute Gasteiger partial charge is 0.122 e. The molecule has 0 saturated heterocycles. The fourth-order valence-corrected chi connectivity index (χ4v) is 2.96. The Labute approximate surface area is 117 Å². The summed E-state index contributed by atoms with van der Waals surface area (Å²) in [6, 6.07) is 8.17. The monoisotopic (exact) mass is 277 g/mol. The molecular formula is C14H19N3OS. The van der Waals surface area contributed by atoms with Gasteiger partial charge < -0.3 is 10.5 Å². The van der Waals surface area contributed by atoms with E-state index in [1.807, 2.05) is 30.8 Å². The van der Waals surface area contributed by atoms with Crippen molar-refractivity contribution in [2.75, 3.05) is 7.11 Å². The highest BCUT2D eigenvalue weighted by Crippen LogP contribution is 2.28. The van der Waals surface area contributed by atoms with Gasteiger partial charge >= 0.3 is 0 Å². The molecule has 19 heavy (non-hydrogen) atoms. The number of aromatic nitrogens is 2. The van der Waals surface area contributed by atoms with Crippen LogP contribution in [0.25, 0.3) is 0 Å². The molecule has 0 amide bonds. The highest BCUT2D eigenvalue weighted by Gasteiger charge is 2.08. The third kappa shape index (κ3) is 3.30. The number of thioether (sulfide) groups is 1. The molecule has 2 N–H and O–H groups in total. The predicted molar refractivity (Wildman–Crippen MR) is 78.4 cm³/mol. The van der Waals surface area contributed by atoms with E-state index in [9.17, 15) is 0 Å². The van der Waals surface area contributed by atoms with Gasteiger partial charge in [0.1, 0.15) is 5.75 Å². The number of nitrogens with two attached hydrogens (primary N) is 1. The minimum Gasteiger partial charge on any atom is -0.496 e. The van der Waals surface area contributed by atoms with Crippen LogP contribution < -0.4 is 10.5 Å². The van der Waals surface area contributed by atoms with Gasteiger partial charge in [-0.2, -0.15) is 5.10 Å². The van der Waals surface area contributed by atoms with E-state index in [0.29, 0.717) is 6.54 Å². The summed E-state index contributed by atoms with van der Waals surface area (Å²) in [5.74, 6) is 1.75. The van der Waals surface area contributed by atoms with Gasteiger partial charge in [0.25, 0.3) is 0 Å². The average molecular weight is 277 g/mol. The van der Waals surface area contributed by atoms with Crippen LogP contribution in [-0.2, 0) is 19.3 Å². The molecule has 0 unspecified atom stereocenters. The molecule has 5 heteroatoms. The molecule has 0 atom stereocenters. The van der Waals surface area contributed by atoms with E-state index in [1.165, 1.54) is 0 Å². The van der Waals surface area contributed by atoms with Gasteiger partial charge in [0.15, 0.2) is 0 Å². The average Bonchev–Trinajstić information content (AvgIpc) is 2.74. The lowest BCUT2D eigenvalue weighted by Crippen LogP contribution is -1.99. The van der Waals surface area contributed by atoms with Crippen LogP contribution in [0.2, 0.25) is 0 Å². The van der Waals surface area contributed by atoms with Crippen molar-refractivity contribution in [2.45, 2.75) is 24.2 Å². The van der Waals surface area contributed by atoms with Gasteiger partial charge in [-0.15, -0.1) is 11.8 Å². The first-order valence-corrected chi connectivity index (χ1v) is 7.12. The molecule has 0 saturated carbocycles. The summed E-state index contributed by atoms with van der Waals surface area (Å²) < 4.78 is 7.29. The van der Waals surface area contributed by atoms with Crippen molar-refractivity contribution in [1.82, 2.24) is 9.78 Å². The zero-order valence-corrected chi connectivity index (χ0v) is 12.3.